The van der Waals surface area contributed by atoms with E-state index < -0.39 is 11.9 Å². The maximum Gasteiger partial charge on any atom is 0.328 e. The van der Waals surface area contributed by atoms with Gasteiger partial charge in [0.05, 0.1) is 17.0 Å². The molecule has 4 rings (SSSR count). The summed E-state index contributed by atoms with van der Waals surface area (Å²) in [5, 5.41) is 19.9. The summed E-state index contributed by atoms with van der Waals surface area (Å²) < 4.78 is 24.7. The first kappa shape index (κ1) is 29.9. The van der Waals surface area contributed by atoms with Gasteiger partial charge in [0.25, 0.3) is 0 Å². The van der Waals surface area contributed by atoms with Crippen molar-refractivity contribution in [1.29, 1.82) is 0 Å². The molecule has 1 saturated heterocycles. The highest BCUT2D eigenvalue weighted by molar-refractivity contribution is 7.13. The van der Waals surface area contributed by atoms with Crippen LogP contribution in [0.5, 0.6) is 0 Å². The number of carbonyl (C=O) groups is 3. The number of nitrogens with one attached hydrogen (secondary N) is 1. The van der Waals surface area contributed by atoms with Crippen LogP contribution in [-0.2, 0) is 14.3 Å². The van der Waals surface area contributed by atoms with E-state index >= 15 is 0 Å². The van der Waals surface area contributed by atoms with E-state index in [-0.39, 0.29) is 11.6 Å². The zero-order chi connectivity index (χ0) is 28.2. The first-order chi connectivity index (χ1) is 18.7. The molecule has 0 atom stereocenters. The second-order valence-corrected chi connectivity index (χ2v) is 9.86. The minimum Gasteiger partial charge on any atom is -0.478 e. The van der Waals surface area contributed by atoms with Crippen molar-refractivity contribution >= 4 is 45.0 Å². The standard InChI is InChI=1S/C24H28FN3O2S.C4H4O4/c1-17(29)18-3-6-21(7-4-18)26-16-30-14-2-11-28-12-9-19(10-13-28)24-22-8-5-20(25)15-23(22)31-27-24;5-3(6)1-2-4(7)8/h3-8,15,19,26H,2,9-14,16H2,1H3;1-2H,(H,5,6)(H,7,8). The average Bonchev–Trinajstić information content (AvgIpc) is 3.33. The largest absolute Gasteiger partial charge is 0.478 e. The summed E-state index contributed by atoms with van der Waals surface area (Å²) in [4.78, 5) is 32.9. The van der Waals surface area contributed by atoms with Gasteiger partial charge in [-0.05, 0) is 93.3 Å². The maximum absolute atomic E-state index is 13.4. The monoisotopic (exact) mass is 557 g/mol. The number of piperidine rings is 1. The Labute approximate surface area is 230 Å². The molecule has 0 saturated carbocycles. The number of hydrogen-bond acceptors (Lipinski definition) is 8. The van der Waals surface area contributed by atoms with Crippen molar-refractivity contribution in [2.24, 2.45) is 0 Å². The number of anilines is 1. The number of carbonyl (C=O) groups excluding carboxylic acids is 1. The van der Waals surface area contributed by atoms with Gasteiger partial charge in [-0.15, -0.1) is 0 Å². The number of likely N-dealkylation sites (tertiary alicyclic amines) is 1. The Balaban J connectivity index is 0.000000459. The molecule has 208 valence electrons. The van der Waals surface area contributed by atoms with Crippen molar-refractivity contribution < 1.29 is 33.7 Å². The number of carboxylic acid groups (broad SMARTS) is 2. The number of carboxylic acids is 2. The number of aliphatic carboxylic acids is 2. The Bertz CT molecular complexity index is 1270. The van der Waals surface area contributed by atoms with Crippen LogP contribution < -0.4 is 5.32 Å². The summed E-state index contributed by atoms with van der Waals surface area (Å²) in [6, 6.07) is 12.4. The first-order valence-electron chi connectivity index (χ1n) is 12.6. The fourth-order valence-electron chi connectivity index (χ4n) is 4.22. The molecule has 1 aliphatic rings. The number of fused-ring (bicyclic) bond motifs is 1. The molecule has 11 heteroatoms. The molecule has 3 aromatic rings. The third-order valence-electron chi connectivity index (χ3n) is 6.24. The van der Waals surface area contributed by atoms with Gasteiger partial charge >= 0.3 is 11.9 Å². The quantitative estimate of drug-likeness (QED) is 0.129. The summed E-state index contributed by atoms with van der Waals surface area (Å²) in [5.74, 6) is -2.17. The molecule has 3 N–H and O–H groups in total. The molecule has 9 nitrogen and oxygen atoms in total. The van der Waals surface area contributed by atoms with Crippen molar-refractivity contribution in [3.63, 3.8) is 0 Å². The molecule has 1 aromatic heterocycles. The van der Waals surface area contributed by atoms with Gasteiger partial charge in [-0.25, -0.2) is 14.0 Å². The fourth-order valence-corrected chi connectivity index (χ4v) is 5.10. The van der Waals surface area contributed by atoms with Crippen molar-refractivity contribution in [1.82, 2.24) is 9.27 Å². The zero-order valence-corrected chi connectivity index (χ0v) is 22.5. The molecule has 0 bridgehead atoms. The van der Waals surface area contributed by atoms with Crippen LogP contribution in [0.3, 0.4) is 0 Å². The Morgan fingerprint density at radius 2 is 1.77 bits per heavy atom. The Hall–Kier alpha value is -3.67. The minimum atomic E-state index is -1.26. The number of Topliss-reactive ketones (excluding diaryl/α,β-unsaturated/α-hetero) is 1. The van der Waals surface area contributed by atoms with Crippen molar-refractivity contribution in [2.45, 2.75) is 32.1 Å². The van der Waals surface area contributed by atoms with Gasteiger partial charge in [0.1, 0.15) is 12.5 Å². The summed E-state index contributed by atoms with van der Waals surface area (Å²) in [6.45, 7) is 5.89. The van der Waals surface area contributed by atoms with Crippen LogP contribution in [0, 0.1) is 5.82 Å². The molecule has 0 amide bonds. The fraction of sp³-hybridized carbons (Fsp3) is 0.357. The third kappa shape index (κ3) is 9.86. The van der Waals surface area contributed by atoms with Gasteiger partial charge in [0, 0.05) is 41.3 Å². The number of ether oxygens (including phenoxy) is 1. The second kappa shape index (κ2) is 15.1. The van der Waals surface area contributed by atoms with Gasteiger partial charge in [-0.2, -0.15) is 4.37 Å². The zero-order valence-electron chi connectivity index (χ0n) is 21.6. The Morgan fingerprint density at radius 1 is 1.10 bits per heavy atom. The van der Waals surface area contributed by atoms with Gasteiger partial charge in [-0.3, -0.25) is 4.79 Å². The van der Waals surface area contributed by atoms with Crippen LogP contribution in [0.15, 0.2) is 54.6 Å². The second-order valence-electron chi connectivity index (χ2n) is 9.05. The molecular formula is C28H32FN3O6S. The molecular weight excluding hydrogens is 525 g/mol. The van der Waals surface area contributed by atoms with Gasteiger partial charge in [0.2, 0.25) is 0 Å². The summed E-state index contributed by atoms with van der Waals surface area (Å²) in [6.07, 6.45) is 4.29. The molecule has 0 aliphatic carbocycles. The lowest BCUT2D eigenvalue weighted by atomic mass is 9.91. The number of rotatable bonds is 11. The molecule has 39 heavy (non-hydrogen) atoms. The molecule has 1 fully saturated rings. The number of benzene rings is 2. The highest BCUT2D eigenvalue weighted by Gasteiger charge is 2.24. The predicted octanol–water partition coefficient (Wildman–Crippen LogP) is 5.01. The Kier molecular flexibility index (Phi) is 11.5. The van der Waals surface area contributed by atoms with E-state index in [0.29, 0.717) is 37.0 Å². The molecule has 0 unspecified atom stereocenters. The lowest BCUT2D eigenvalue weighted by molar-refractivity contribution is -0.134. The van der Waals surface area contributed by atoms with Gasteiger partial charge < -0.3 is 25.2 Å². The van der Waals surface area contributed by atoms with Crippen LogP contribution in [0.4, 0.5) is 10.1 Å². The number of halogens is 1. The van der Waals surface area contributed by atoms with Crippen LogP contribution in [0.2, 0.25) is 0 Å². The first-order valence-corrected chi connectivity index (χ1v) is 13.3. The van der Waals surface area contributed by atoms with E-state index in [1.165, 1.54) is 17.6 Å². The maximum atomic E-state index is 13.4. The smallest absolute Gasteiger partial charge is 0.328 e. The lowest BCUT2D eigenvalue weighted by Gasteiger charge is -2.31. The minimum absolute atomic E-state index is 0.0714. The summed E-state index contributed by atoms with van der Waals surface area (Å²) >= 11 is 1.40. The number of hydrogen-bond donors (Lipinski definition) is 3. The molecule has 0 radical (unpaired) electrons. The normalized spacial score (nSPS) is 14.2. The third-order valence-corrected chi connectivity index (χ3v) is 7.06. The van der Waals surface area contributed by atoms with Crippen molar-refractivity contribution in [2.75, 3.05) is 38.3 Å². The van der Waals surface area contributed by atoms with Crippen molar-refractivity contribution in [3.05, 3.63) is 71.7 Å². The van der Waals surface area contributed by atoms with Crippen molar-refractivity contribution in [3.8, 4) is 0 Å². The highest BCUT2D eigenvalue weighted by Crippen LogP contribution is 2.34. The van der Waals surface area contributed by atoms with Crippen LogP contribution in [-0.4, -0.2) is 70.2 Å². The summed E-state index contributed by atoms with van der Waals surface area (Å²) in [7, 11) is 0. The molecule has 2 heterocycles. The topological polar surface area (TPSA) is 129 Å². The number of nitrogens with zero attached hydrogens (tertiary/aromatic N) is 2. The Morgan fingerprint density at radius 3 is 2.38 bits per heavy atom. The number of aromatic nitrogens is 1. The van der Waals surface area contributed by atoms with Crippen LogP contribution in [0.1, 0.15) is 48.2 Å². The molecule has 2 aromatic carbocycles. The van der Waals surface area contributed by atoms with Crippen LogP contribution >= 0.6 is 11.5 Å². The lowest BCUT2D eigenvalue weighted by Crippen LogP contribution is -2.34. The van der Waals surface area contributed by atoms with E-state index in [2.05, 4.69) is 14.6 Å². The molecule has 0 spiro atoms. The summed E-state index contributed by atoms with van der Waals surface area (Å²) in [5.41, 5.74) is 2.81. The van der Waals surface area contributed by atoms with E-state index in [4.69, 9.17) is 14.9 Å². The number of ketones is 1. The van der Waals surface area contributed by atoms with E-state index in [9.17, 15) is 18.8 Å². The van der Waals surface area contributed by atoms with Gasteiger partial charge in [0.15, 0.2) is 5.78 Å². The van der Waals surface area contributed by atoms with E-state index in [0.717, 1.165) is 60.4 Å². The highest BCUT2D eigenvalue weighted by atomic mass is 32.1. The SMILES string of the molecule is CC(=O)c1ccc(NCOCCCN2CCC(c3nsc4cc(F)ccc34)CC2)cc1.O=C(O)C=CC(=O)O. The molecule has 1 aliphatic heterocycles. The van der Waals surface area contributed by atoms with E-state index in [1.807, 2.05) is 30.3 Å². The average molecular weight is 558 g/mol. The predicted molar refractivity (Wildman–Crippen MR) is 148 cm³/mol. The van der Waals surface area contributed by atoms with Gasteiger partial charge in [-0.1, -0.05) is 0 Å². The van der Waals surface area contributed by atoms with E-state index in [1.54, 1.807) is 13.0 Å². The van der Waals surface area contributed by atoms with Crippen LogP contribution in [0.25, 0.3) is 10.1 Å².